The SMILES string of the molecule is C[C@H](I)[C@@H]1OC[C@@H](CO)O1. The second-order valence-electron chi connectivity index (χ2n) is 2.32. The Morgan fingerprint density at radius 2 is 2.50 bits per heavy atom. The van der Waals surface area contributed by atoms with Crippen molar-refractivity contribution < 1.29 is 14.6 Å². The van der Waals surface area contributed by atoms with Gasteiger partial charge < -0.3 is 14.6 Å². The third-order valence-corrected chi connectivity index (χ3v) is 1.94. The number of hydrogen-bond acceptors (Lipinski definition) is 3. The van der Waals surface area contributed by atoms with Crippen LogP contribution in [0.4, 0.5) is 0 Å². The fraction of sp³-hybridized carbons (Fsp3) is 1.00. The van der Waals surface area contributed by atoms with Crippen LogP contribution in [0.5, 0.6) is 0 Å². The van der Waals surface area contributed by atoms with Crippen molar-refractivity contribution in [2.24, 2.45) is 0 Å². The Hall–Kier alpha value is 0.610. The number of ether oxygens (including phenoxy) is 2. The Kier molecular flexibility index (Phi) is 3.35. The van der Waals surface area contributed by atoms with E-state index in [1.54, 1.807) is 0 Å². The van der Waals surface area contributed by atoms with Gasteiger partial charge in [0.25, 0.3) is 0 Å². The van der Waals surface area contributed by atoms with Crippen LogP contribution in [0.15, 0.2) is 0 Å². The molecule has 0 radical (unpaired) electrons. The molecule has 3 atom stereocenters. The maximum atomic E-state index is 8.66. The topological polar surface area (TPSA) is 38.7 Å². The summed E-state index contributed by atoms with van der Waals surface area (Å²) in [7, 11) is 0. The second-order valence-corrected chi connectivity index (χ2v) is 4.28. The van der Waals surface area contributed by atoms with Gasteiger partial charge in [-0.15, -0.1) is 0 Å². The Morgan fingerprint density at radius 3 is 2.80 bits per heavy atom. The van der Waals surface area contributed by atoms with Gasteiger partial charge >= 0.3 is 0 Å². The molecule has 60 valence electrons. The summed E-state index contributed by atoms with van der Waals surface area (Å²) in [6.07, 6.45) is -0.236. The van der Waals surface area contributed by atoms with Crippen LogP contribution < -0.4 is 0 Å². The third-order valence-electron chi connectivity index (χ3n) is 1.35. The van der Waals surface area contributed by atoms with E-state index < -0.39 is 0 Å². The first-order valence-electron chi connectivity index (χ1n) is 3.26. The summed E-state index contributed by atoms with van der Waals surface area (Å²) in [5, 5.41) is 8.66. The highest BCUT2D eigenvalue weighted by molar-refractivity contribution is 14.1. The molecule has 1 N–H and O–H groups in total. The van der Waals surface area contributed by atoms with Crippen LogP contribution in [0.2, 0.25) is 0 Å². The van der Waals surface area contributed by atoms with Crippen molar-refractivity contribution in [3.63, 3.8) is 0 Å². The first-order valence-corrected chi connectivity index (χ1v) is 4.50. The summed E-state index contributed by atoms with van der Waals surface area (Å²) in [4.78, 5) is 0. The van der Waals surface area contributed by atoms with Gasteiger partial charge in [-0.25, -0.2) is 0 Å². The monoisotopic (exact) mass is 258 g/mol. The number of halogens is 1. The van der Waals surface area contributed by atoms with Crippen LogP contribution in [0.3, 0.4) is 0 Å². The minimum atomic E-state index is -0.127. The summed E-state index contributed by atoms with van der Waals surface area (Å²) in [6.45, 7) is 2.60. The van der Waals surface area contributed by atoms with Crippen LogP contribution in [-0.2, 0) is 9.47 Å². The van der Waals surface area contributed by atoms with Crippen LogP contribution in [0, 0.1) is 0 Å². The molecule has 0 spiro atoms. The van der Waals surface area contributed by atoms with Crippen LogP contribution in [-0.4, -0.2) is 34.6 Å². The Morgan fingerprint density at radius 1 is 1.80 bits per heavy atom. The number of rotatable bonds is 2. The molecule has 1 aliphatic rings. The van der Waals surface area contributed by atoms with E-state index in [1.807, 2.05) is 6.92 Å². The van der Waals surface area contributed by atoms with Crippen LogP contribution in [0.1, 0.15) is 6.92 Å². The lowest BCUT2D eigenvalue weighted by molar-refractivity contribution is -0.0591. The molecule has 3 nitrogen and oxygen atoms in total. The van der Waals surface area contributed by atoms with E-state index in [4.69, 9.17) is 14.6 Å². The Bertz CT molecular complexity index is 107. The lowest BCUT2D eigenvalue weighted by atomic mass is 10.4. The average Bonchev–Trinajstić information content (AvgIpc) is 2.34. The normalized spacial score (nSPS) is 36.3. The van der Waals surface area contributed by atoms with Crippen molar-refractivity contribution in [2.75, 3.05) is 13.2 Å². The molecular weight excluding hydrogens is 247 g/mol. The minimum absolute atomic E-state index is 0.0554. The lowest BCUT2D eigenvalue weighted by Crippen LogP contribution is -2.21. The highest BCUT2D eigenvalue weighted by atomic mass is 127. The molecule has 0 saturated carbocycles. The predicted molar refractivity (Wildman–Crippen MR) is 45.2 cm³/mol. The lowest BCUT2D eigenvalue weighted by Gasteiger charge is -2.11. The van der Waals surface area contributed by atoms with E-state index in [2.05, 4.69) is 22.6 Å². The Labute approximate surface area is 73.8 Å². The van der Waals surface area contributed by atoms with E-state index in [0.717, 1.165) is 0 Å². The molecule has 4 heteroatoms. The van der Waals surface area contributed by atoms with Gasteiger partial charge in [0.2, 0.25) is 0 Å². The van der Waals surface area contributed by atoms with Gasteiger partial charge in [0, 0.05) is 0 Å². The molecule has 0 unspecified atom stereocenters. The first kappa shape index (κ1) is 8.70. The number of aliphatic hydroxyl groups excluding tert-OH is 1. The van der Waals surface area contributed by atoms with Gasteiger partial charge in [0.1, 0.15) is 6.10 Å². The van der Waals surface area contributed by atoms with Gasteiger partial charge in [0.15, 0.2) is 6.29 Å². The molecule has 1 fully saturated rings. The maximum absolute atomic E-state index is 8.66. The molecule has 0 aliphatic carbocycles. The fourth-order valence-electron chi connectivity index (χ4n) is 0.807. The summed E-state index contributed by atoms with van der Waals surface area (Å²) < 4.78 is 10.9. The average molecular weight is 258 g/mol. The number of aliphatic hydroxyl groups is 1. The highest BCUT2D eigenvalue weighted by Gasteiger charge is 2.28. The van der Waals surface area contributed by atoms with E-state index in [1.165, 1.54) is 0 Å². The third kappa shape index (κ3) is 2.05. The molecule has 1 heterocycles. The van der Waals surface area contributed by atoms with E-state index >= 15 is 0 Å². The van der Waals surface area contributed by atoms with Crippen molar-refractivity contribution >= 4 is 22.6 Å². The smallest absolute Gasteiger partial charge is 0.169 e. The van der Waals surface area contributed by atoms with Crippen LogP contribution >= 0.6 is 22.6 Å². The fourth-order valence-corrected chi connectivity index (χ4v) is 1.18. The molecule has 1 saturated heterocycles. The quantitative estimate of drug-likeness (QED) is 0.580. The summed E-state index contributed by atoms with van der Waals surface area (Å²) in [6, 6.07) is 0. The second kappa shape index (κ2) is 3.85. The largest absolute Gasteiger partial charge is 0.394 e. The molecule has 1 rings (SSSR count). The molecule has 0 aromatic rings. The Balaban J connectivity index is 2.28. The zero-order valence-corrected chi connectivity index (χ0v) is 7.95. The molecule has 1 aliphatic heterocycles. The van der Waals surface area contributed by atoms with Crippen molar-refractivity contribution in [1.29, 1.82) is 0 Å². The molecular formula is C6H11IO3. The molecule has 10 heavy (non-hydrogen) atoms. The van der Waals surface area contributed by atoms with E-state index in [9.17, 15) is 0 Å². The number of hydrogen-bond donors (Lipinski definition) is 1. The first-order chi connectivity index (χ1) is 4.74. The van der Waals surface area contributed by atoms with Crippen LogP contribution in [0.25, 0.3) is 0 Å². The van der Waals surface area contributed by atoms with Gasteiger partial charge in [-0.05, 0) is 6.92 Å². The highest BCUT2D eigenvalue weighted by Crippen LogP contribution is 2.18. The summed E-state index contributed by atoms with van der Waals surface area (Å²) in [5.74, 6) is 0. The van der Waals surface area contributed by atoms with Crippen molar-refractivity contribution in [3.05, 3.63) is 0 Å². The van der Waals surface area contributed by atoms with Gasteiger partial charge in [0.05, 0.1) is 17.1 Å². The zero-order chi connectivity index (χ0) is 7.56. The number of alkyl halides is 1. The summed E-state index contributed by atoms with van der Waals surface area (Å²) in [5.41, 5.74) is 0. The van der Waals surface area contributed by atoms with Gasteiger partial charge in [-0.1, -0.05) is 22.6 Å². The predicted octanol–water partition coefficient (Wildman–Crippen LogP) is 0.544. The maximum Gasteiger partial charge on any atom is 0.169 e. The standard InChI is InChI=1S/C6H11IO3/c1-4(7)6-9-3-5(2-8)10-6/h4-6,8H,2-3H2,1H3/t4-,5+,6+/m0/s1. The van der Waals surface area contributed by atoms with Crippen molar-refractivity contribution in [2.45, 2.75) is 23.2 Å². The van der Waals surface area contributed by atoms with E-state index in [-0.39, 0.29) is 19.0 Å². The molecule has 0 bridgehead atoms. The van der Waals surface area contributed by atoms with Crippen molar-refractivity contribution in [1.82, 2.24) is 0 Å². The van der Waals surface area contributed by atoms with Gasteiger partial charge in [-0.2, -0.15) is 0 Å². The summed E-state index contributed by atoms with van der Waals surface area (Å²) >= 11 is 2.24. The van der Waals surface area contributed by atoms with E-state index in [0.29, 0.717) is 10.5 Å². The van der Waals surface area contributed by atoms with Crippen molar-refractivity contribution in [3.8, 4) is 0 Å². The molecule has 0 aromatic carbocycles. The molecule has 0 amide bonds. The molecule has 0 aromatic heterocycles. The minimum Gasteiger partial charge on any atom is -0.394 e. The van der Waals surface area contributed by atoms with Gasteiger partial charge in [-0.3, -0.25) is 0 Å². The zero-order valence-electron chi connectivity index (χ0n) is 5.79.